The summed E-state index contributed by atoms with van der Waals surface area (Å²) in [5.41, 5.74) is 5.35. The number of rotatable bonds is 1. The van der Waals surface area contributed by atoms with E-state index in [9.17, 15) is 22.0 Å². The first-order chi connectivity index (χ1) is 7.58. The summed E-state index contributed by atoms with van der Waals surface area (Å²) in [6, 6.07) is 0. The summed E-state index contributed by atoms with van der Waals surface area (Å²) >= 11 is 0. The molecule has 0 atom stereocenters. The molecule has 8 heteroatoms. The van der Waals surface area contributed by atoms with Gasteiger partial charge in [-0.15, -0.1) is 0 Å². The van der Waals surface area contributed by atoms with Crippen LogP contribution in [-0.2, 0) is 4.79 Å². The van der Waals surface area contributed by atoms with Gasteiger partial charge in [-0.3, -0.25) is 0 Å². The van der Waals surface area contributed by atoms with Crippen LogP contribution in [0.1, 0.15) is 25.7 Å². The fourth-order valence-corrected chi connectivity index (χ4v) is 1.34. The molecule has 0 saturated heterocycles. The molecule has 0 aromatic heterocycles. The number of hydrogen-bond donors (Lipinski definition) is 2. The number of carboxylic acids is 1. The van der Waals surface area contributed by atoms with Crippen molar-refractivity contribution in [1.29, 1.82) is 0 Å². The molecule has 0 spiro atoms. The number of alkyl halides is 5. The van der Waals surface area contributed by atoms with Crippen molar-refractivity contribution in [2.75, 3.05) is 6.54 Å². The molecule has 1 saturated carbocycles. The van der Waals surface area contributed by atoms with Crippen molar-refractivity contribution in [2.24, 2.45) is 11.7 Å². The highest BCUT2D eigenvalue weighted by molar-refractivity contribution is 5.73. The standard InChI is InChI=1S/C7H13F2N.C2HF3O2/c8-7(9)3-1-6(5-10)2-4-7;3-2(4,5)1(6)7/h6H,1-5,10H2;(H,6,7). The third-order valence-electron chi connectivity index (χ3n) is 2.41. The summed E-state index contributed by atoms with van der Waals surface area (Å²) in [7, 11) is 0. The number of hydrogen-bond acceptors (Lipinski definition) is 2. The predicted molar refractivity (Wildman–Crippen MR) is 49.7 cm³/mol. The van der Waals surface area contributed by atoms with Crippen molar-refractivity contribution in [2.45, 2.75) is 37.8 Å². The van der Waals surface area contributed by atoms with E-state index in [1.807, 2.05) is 0 Å². The Bertz CT molecular complexity index is 244. The van der Waals surface area contributed by atoms with Gasteiger partial charge in [0.25, 0.3) is 0 Å². The second-order valence-electron chi connectivity index (χ2n) is 3.84. The first kappa shape index (κ1) is 16.1. The van der Waals surface area contributed by atoms with Gasteiger partial charge in [-0.25, -0.2) is 13.6 Å². The summed E-state index contributed by atoms with van der Waals surface area (Å²) in [5, 5.41) is 7.12. The van der Waals surface area contributed by atoms with Crippen LogP contribution < -0.4 is 5.73 Å². The molecule has 1 fully saturated rings. The summed E-state index contributed by atoms with van der Waals surface area (Å²) in [5.74, 6) is -4.81. The van der Waals surface area contributed by atoms with E-state index in [1.165, 1.54) is 0 Å². The quantitative estimate of drug-likeness (QED) is 0.714. The van der Waals surface area contributed by atoms with Crippen LogP contribution in [0.5, 0.6) is 0 Å². The molecule has 0 aromatic carbocycles. The highest BCUT2D eigenvalue weighted by atomic mass is 19.4. The molecule has 0 unspecified atom stereocenters. The molecular weight excluding hydrogens is 249 g/mol. The molecule has 1 aliphatic rings. The van der Waals surface area contributed by atoms with Gasteiger partial charge >= 0.3 is 12.1 Å². The molecule has 0 amide bonds. The van der Waals surface area contributed by atoms with Gasteiger partial charge in [0, 0.05) is 12.8 Å². The maximum atomic E-state index is 12.5. The topological polar surface area (TPSA) is 63.3 Å². The van der Waals surface area contributed by atoms with Crippen molar-refractivity contribution in [3.63, 3.8) is 0 Å². The maximum absolute atomic E-state index is 12.5. The number of carbonyl (C=O) groups is 1. The van der Waals surface area contributed by atoms with Gasteiger partial charge in [0.2, 0.25) is 5.92 Å². The average molecular weight is 263 g/mol. The van der Waals surface area contributed by atoms with E-state index < -0.39 is 18.1 Å². The zero-order chi connectivity index (χ0) is 13.7. The Hall–Kier alpha value is -0.920. The van der Waals surface area contributed by atoms with Crippen molar-refractivity contribution in [3.8, 4) is 0 Å². The SMILES string of the molecule is NCC1CCC(F)(F)CC1.O=C(O)C(F)(F)F. The van der Waals surface area contributed by atoms with Crippen LogP contribution in [0.4, 0.5) is 22.0 Å². The van der Waals surface area contributed by atoms with Gasteiger partial charge in [0.15, 0.2) is 0 Å². The molecule has 3 N–H and O–H groups in total. The molecule has 0 aromatic rings. The van der Waals surface area contributed by atoms with E-state index in [1.54, 1.807) is 0 Å². The van der Waals surface area contributed by atoms with E-state index in [4.69, 9.17) is 15.6 Å². The Balaban J connectivity index is 0.000000325. The summed E-state index contributed by atoms with van der Waals surface area (Å²) in [6.45, 7) is 0.566. The molecule has 0 heterocycles. The van der Waals surface area contributed by atoms with Gasteiger partial charge in [-0.1, -0.05) is 0 Å². The molecule has 0 aliphatic heterocycles. The van der Waals surface area contributed by atoms with Crippen molar-refractivity contribution < 1.29 is 31.9 Å². The molecule has 102 valence electrons. The fraction of sp³-hybridized carbons (Fsp3) is 0.889. The number of nitrogens with two attached hydrogens (primary N) is 1. The number of aliphatic carboxylic acids is 1. The Kier molecular flexibility index (Phi) is 5.80. The minimum absolute atomic E-state index is 0.0366. The van der Waals surface area contributed by atoms with E-state index in [0.29, 0.717) is 25.3 Å². The van der Waals surface area contributed by atoms with Crippen molar-refractivity contribution in [3.05, 3.63) is 0 Å². The highest BCUT2D eigenvalue weighted by Gasteiger charge is 2.38. The molecule has 17 heavy (non-hydrogen) atoms. The molecule has 1 rings (SSSR count). The molecule has 0 bridgehead atoms. The lowest BCUT2D eigenvalue weighted by molar-refractivity contribution is -0.192. The first-order valence-corrected chi connectivity index (χ1v) is 4.96. The number of carboxylic acid groups (broad SMARTS) is 1. The van der Waals surface area contributed by atoms with E-state index in [2.05, 4.69) is 0 Å². The Morgan fingerprint density at radius 3 is 1.88 bits per heavy atom. The van der Waals surface area contributed by atoms with Crippen LogP contribution in [0.2, 0.25) is 0 Å². The molecule has 0 radical (unpaired) electrons. The Morgan fingerprint density at radius 1 is 1.29 bits per heavy atom. The second-order valence-corrected chi connectivity index (χ2v) is 3.84. The number of halogens is 5. The zero-order valence-electron chi connectivity index (χ0n) is 8.94. The van der Waals surface area contributed by atoms with E-state index >= 15 is 0 Å². The summed E-state index contributed by atoms with van der Waals surface area (Å²) in [4.78, 5) is 8.90. The summed E-state index contributed by atoms with van der Waals surface area (Å²) in [6.07, 6.45) is -3.81. The van der Waals surface area contributed by atoms with Gasteiger partial charge in [0.05, 0.1) is 0 Å². The average Bonchev–Trinajstić information content (AvgIpc) is 2.17. The fourth-order valence-electron chi connectivity index (χ4n) is 1.34. The van der Waals surface area contributed by atoms with Gasteiger partial charge < -0.3 is 10.8 Å². The first-order valence-electron chi connectivity index (χ1n) is 4.96. The predicted octanol–water partition coefficient (Wildman–Crippen LogP) is 2.40. The Morgan fingerprint density at radius 2 is 1.65 bits per heavy atom. The van der Waals surface area contributed by atoms with Crippen LogP contribution in [-0.4, -0.2) is 29.7 Å². The lowest BCUT2D eigenvalue weighted by atomic mass is 9.87. The third kappa shape index (κ3) is 7.09. The van der Waals surface area contributed by atoms with Crippen LogP contribution >= 0.6 is 0 Å². The van der Waals surface area contributed by atoms with Crippen LogP contribution in [0.3, 0.4) is 0 Å². The van der Waals surface area contributed by atoms with Crippen molar-refractivity contribution in [1.82, 2.24) is 0 Å². The molecule has 3 nitrogen and oxygen atoms in total. The lowest BCUT2D eigenvalue weighted by Gasteiger charge is -2.26. The lowest BCUT2D eigenvalue weighted by Crippen LogP contribution is -2.28. The maximum Gasteiger partial charge on any atom is 0.490 e. The minimum Gasteiger partial charge on any atom is -0.475 e. The van der Waals surface area contributed by atoms with Gasteiger partial charge in [-0.2, -0.15) is 13.2 Å². The van der Waals surface area contributed by atoms with Crippen LogP contribution in [0, 0.1) is 5.92 Å². The zero-order valence-corrected chi connectivity index (χ0v) is 8.94. The molecular formula is C9H14F5NO2. The monoisotopic (exact) mass is 263 g/mol. The van der Waals surface area contributed by atoms with Crippen LogP contribution in [0.25, 0.3) is 0 Å². The van der Waals surface area contributed by atoms with Gasteiger partial charge in [0.1, 0.15) is 0 Å². The molecule has 1 aliphatic carbocycles. The van der Waals surface area contributed by atoms with Crippen LogP contribution in [0.15, 0.2) is 0 Å². The smallest absolute Gasteiger partial charge is 0.475 e. The summed E-state index contributed by atoms with van der Waals surface area (Å²) < 4.78 is 56.7. The van der Waals surface area contributed by atoms with E-state index in [-0.39, 0.29) is 12.8 Å². The third-order valence-corrected chi connectivity index (χ3v) is 2.41. The Labute approximate surface area is 94.8 Å². The second kappa shape index (κ2) is 6.13. The largest absolute Gasteiger partial charge is 0.490 e. The normalized spacial score (nSPS) is 20.4. The minimum atomic E-state index is -5.08. The highest BCUT2D eigenvalue weighted by Crippen LogP contribution is 2.35. The van der Waals surface area contributed by atoms with Crippen molar-refractivity contribution >= 4 is 5.97 Å². The van der Waals surface area contributed by atoms with Gasteiger partial charge in [-0.05, 0) is 25.3 Å². The van der Waals surface area contributed by atoms with E-state index in [0.717, 1.165) is 0 Å².